The van der Waals surface area contributed by atoms with E-state index in [-0.39, 0.29) is 11.3 Å². The fourth-order valence-electron chi connectivity index (χ4n) is 6.33. The van der Waals surface area contributed by atoms with E-state index in [0.29, 0.717) is 17.8 Å². The van der Waals surface area contributed by atoms with Gasteiger partial charge in [-0.25, -0.2) is 0 Å². The van der Waals surface area contributed by atoms with E-state index in [1.54, 1.807) is 16.7 Å². The van der Waals surface area contributed by atoms with Gasteiger partial charge in [-0.1, -0.05) is 51.3 Å². The molecule has 0 radical (unpaired) electrons. The highest BCUT2D eigenvalue weighted by atomic mass is 16.4. The van der Waals surface area contributed by atoms with Crippen molar-refractivity contribution < 1.29 is 9.90 Å². The third-order valence-electron chi connectivity index (χ3n) is 7.45. The Kier molecular flexibility index (Phi) is 3.78. The Labute approximate surface area is 145 Å². The summed E-state index contributed by atoms with van der Waals surface area (Å²) < 4.78 is 0. The van der Waals surface area contributed by atoms with E-state index in [1.807, 2.05) is 0 Å². The van der Waals surface area contributed by atoms with Gasteiger partial charge in [-0.2, -0.15) is 0 Å². The Balaban J connectivity index is 1.82. The molecule has 0 bridgehead atoms. The summed E-state index contributed by atoms with van der Waals surface area (Å²) in [5.74, 6) is 0.851. The molecule has 1 N–H and O–H groups in total. The number of allylic oxidation sites excluding steroid dienone is 6. The molecule has 0 amide bonds. The van der Waals surface area contributed by atoms with Crippen molar-refractivity contribution in [2.45, 2.75) is 65.7 Å². The van der Waals surface area contributed by atoms with Gasteiger partial charge in [0.2, 0.25) is 0 Å². The van der Waals surface area contributed by atoms with E-state index in [1.165, 1.54) is 12.0 Å². The molecule has 130 valence electrons. The van der Waals surface area contributed by atoms with Crippen LogP contribution in [0.25, 0.3) is 0 Å². The third-order valence-corrected chi connectivity index (χ3v) is 7.45. The van der Waals surface area contributed by atoms with Gasteiger partial charge in [-0.05, 0) is 72.0 Å². The standard InChI is InChI=1S/C22H30O2/c1-4-6-16-10-14(21(23)24)11-19-18-8-5-7-17-13(2)9-15(20(17)18)12-22(16,19)3/h7,9,13-14,16,19H,4-6,8,10-12H2,1-3H3,(H,23,24)/t13-,14?,16?,19?,22-/m0/s1. The third kappa shape index (κ3) is 2.18. The van der Waals surface area contributed by atoms with E-state index in [4.69, 9.17) is 0 Å². The lowest BCUT2D eigenvalue weighted by Gasteiger charge is -2.54. The number of carboxylic acids is 1. The number of fused-ring (bicyclic) bond motifs is 2. The summed E-state index contributed by atoms with van der Waals surface area (Å²) in [4.78, 5) is 11.8. The largest absolute Gasteiger partial charge is 0.481 e. The van der Waals surface area contributed by atoms with Crippen LogP contribution in [0, 0.1) is 29.1 Å². The fraction of sp³-hybridized carbons (Fsp3) is 0.682. The van der Waals surface area contributed by atoms with Crippen LogP contribution < -0.4 is 0 Å². The van der Waals surface area contributed by atoms with Crippen LogP contribution in [0.4, 0.5) is 0 Å². The second-order valence-corrected chi connectivity index (χ2v) is 8.81. The number of aliphatic carboxylic acids is 1. The summed E-state index contributed by atoms with van der Waals surface area (Å²) >= 11 is 0. The molecule has 2 heteroatoms. The molecule has 24 heavy (non-hydrogen) atoms. The Morgan fingerprint density at radius 2 is 2.17 bits per heavy atom. The Morgan fingerprint density at radius 1 is 1.38 bits per heavy atom. The predicted octanol–water partition coefficient (Wildman–Crippen LogP) is 5.52. The zero-order valence-corrected chi connectivity index (χ0v) is 15.3. The molecule has 0 saturated heterocycles. The van der Waals surface area contributed by atoms with Crippen LogP contribution >= 0.6 is 0 Å². The molecule has 0 aliphatic heterocycles. The molecular formula is C22H30O2. The van der Waals surface area contributed by atoms with Gasteiger partial charge >= 0.3 is 5.97 Å². The van der Waals surface area contributed by atoms with Gasteiger partial charge in [0.05, 0.1) is 5.92 Å². The Hall–Kier alpha value is -1.31. The normalized spacial score (nSPS) is 40.6. The lowest BCUT2D eigenvalue weighted by Crippen LogP contribution is -2.47. The molecule has 4 aliphatic carbocycles. The second-order valence-electron chi connectivity index (χ2n) is 8.81. The first-order valence-corrected chi connectivity index (χ1v) is 9.83. The average molecular weight is 326 g/mol. The summed E-state index contributed by atoms with van der Waals surface area (Å²) in [6.45, 7) is 7.04. The van der Waals surface area contributed by atoms with Crippen LogP contribution in [0.2, 0.25) is 0 Å². The van der Waals surface area contributed by atoms with E-state index < -0.39 is 5.97 Å². The lowest BCUT2D eigenvalue weighted by molar-refractivity contribution is -0.146. The number of rotatable bonds is 3. The smallest absolute Gasteiger partial charge is 0.306 e. The van der Waals surface area contributed by atoms with Crippen LogP contribution in [0.15, 0.2) is 34.4 Å². The molecule has 1 fully saturated rings. The number of hydrogen-bond acceptors (Lipinski definition) is 1. The minimum absolute atomic E-state index is 0.147. The predicted molar refractivity (Wildman–Crippen MR) is 96.6 cm³/mol. The number of carboxylic acid groups (broad SMARTS) is 1. The summed E-state index contributed by atoms with van der Waals surface area (Å²) in [6.07, 6.45) is 12.5. The first kappa shape index (κ1) is 16.2. The first-order valence-electron chi connectivity index (χ1n) is 9.83. The summed E-state index contributed by atoms with van der Waals surface area (Å²) in [5.41, 5.74) is 6.55. The minimum atomic E-state index is -0.573. The zero-order chi connectivity index (χ0) is 17.1. The van der Waals surface area contributed by atoms with Gasteiger partial charge in [0.1, 0.15) is 0 Å². The summed E-state index contributed by atoms with van der Waals surface area (Å²) in [7, 11) is 0. The Morgan fingerprint density at radius 3 is 2.88 bits per heavy atom. The van der Waals surface area contributed by atoms with Crippen molar-refractivity contribution in [1.29, 1.82) is 0 Å². The highest BCUT2D eigenvalue weighted by Gasteiger charge is 2.53. The van der Waals surface area contributed by atoms with E-state index >= 15 is 0 Å². The van der Waals surface area contributed by atoms with Crippen molar-refractivity contribution in [2.24, 2.45) is 29.1 Å². The van der Waals surface area contributed by atoms with Crippen LogP contribution in [-0.4, -0.2) is 11.1 Å². The van der Waals surface area contributed by atoms with Gasteiger partial charge in [0.25, 0.3) is 0 Å². The topological polar surface area (TPSA) is 37.3 Å². The molecule has 1 saturated carbocycles. The molecular weight excluding hydrogens is 296 g/mol. The molecule has 0 heterocycles. The first-order chi connectivity index (χ1) is 11.5. The zero-order valence-electron chi connectivity index (χ0n) is 15.3. The molecule has 0 aromatic carbocycles. The van der Waals surface area contributed by atoms with Gasteiger partial charge < -0.3 is 5.11 Å². The van der Waals surface area contributed by atoms with Crippen molar-refractivity contribution >= 4 is 5.97 Å². The highest BCUT2D eigenvalue weighted by Crippen LogP contribution is 2.63. The van der Waals surface area contributed by atoms with E-state index in [9.17, 15) is 9.90 Å². The van der Waals surface area contributed by atoms with Crippen molar-refractivity contribution in [3.05, 3.63) is 34.4 Å². The van der Waals surface area contributed by atoms with Crippen LogP contribution in [0.1, 0.15) is 65.7 Å². The molecule has 0 aromatic rings. The van der Waals surface area contributed by atoms with E-state index in [0.717, 1.165) is 38.5 Å². The minimum Gasteiger partial charge on any atom is -0.481 e. The van der Waals surface area contributed by atoms with Gasteiger partial charge in [0, 0.05) is 0 Å². The van der Waals surface area contributed by atoms with Crippen LogP contribution in [0.3, 0.4) is 0 Å². The molecule has 4 aliphatic rings. The Bertz CT molecular complexity index is 665. The molecule has 3 unspecified atom stereocenters. The van der Waals surface area contributed by atoms with Crippen molar-refractivity contribution in [2.75, 3.05) is 0 Å². The second kappa shape index (κ2) is 5.61. The maximum atomic E-state index is 11.8. The van der Waals surface area contributed by atoms with Crippen LogP contribution in [-0.2, 0) is 4.79 Å². The van der Waals surface area contributed by atoms with Gasteiger partial charge in [-0.15, -0.1) is 0 Å². The monoisotopic (exact) mass is 326 g/mol. The van der Waals surface area contributed by atoms with E-state index in [2.05, 4.69) is 32.9 Å². The lowest BCUT2D eigenvalue weighted by atomic mass is 9.50. The fourth-order valence-corrected chi connectivity index (χ4v) is 6.33. The molecule has 0 spiro atoms. The SMILES string of the molecule is CCCC1CC(C(=O)O)CC2C3=C4C(=C[C@H](C)C4=CCC3)C[C@@]12C. The number of carbonyl (C=O) groups is 1. The molecule has 0 aromatic heterocycles. The van der Waals surface area contributed by atoms with Crippen molar-refractivity contribution in [1.82, 2.24) is 0 Å². The van der Waals surface area contributed by atoms with Crippen molar-refractivity contribution in [3.63, 3.8) is 0 Å². The molecule has 5 atom stereocenters. The summed E-state index contributed by atoms with van der Waals surface area (Å²) in [5, 5.41) is 9.71. The van der Waals surface area contributed by atoms with Gasteiger partial charge in [0.15, 0.2) is 0 Å². The molecule has 4 rings (SSSR count). The number of hydrogen-bond donors (Lipinski definition) is 1. The maximum absolute atomic E-state index is 11.8. The van der Waals surface area contributed by atoms with Crippen LogP contribution in [0.5, 0.6) is 0 Å². The average Bonchev–Trinajstić information content (AvgIpc) is 2.85. The maximum Gasteiger partial charge on any atom is 0.306 e. The van der Waals surface area contributed by atoms with Gasteiger partial charge in [-0.3, -0.25) is 4.79 Å². The quantitative estimate of drug-likeness (QED) is 0.742. The van der Waals surface area contributed by atoms with Crippen molar-refractivity contribution in [3.8, 4) is 0 Å². The highest BCUT2D eigenvalue weighted by molar-refractivity contribution is 5.71. The summed E-state index contributed by atoms with van der Waals surface area (Å²) in [6, 6.07) is 0. The molecule has 2 nitrogen and oxygen atoms in total.